The van der Waals surface area contributed by atoms with Crippen molar-refractivity contribution in [1.82, 2.24) is 30.1 Å². The maximum Gasteiger partial charge on any atom is 0.138 e. The molecule has 0 amide bonds. The Kier molecular flexibility index (Phi) is 4.58. The van der Waals surface area contributed by atoms with Gasteiger partial charge in [0.1, 0.15) is 17.2 Å². The van der Waals surface area contributed by atoms with Crippen molar-refractivity contribution in [2.45, 2.75) is 0 Å². The average Bonchev–Trinajstić information content (AvgIpc) is 3.48. The first kappa shape index (κ1) is 20.0. The monoisotopic (exact) mass is 449 g/mol. The van der Waals surface area contributed by atoms with Crippen LogP contribution in [0.25, 0.3) is 55.7 Å². The third kappa shape index (κ3) is 3.36. The molecule has 1 aromatic carbocycles. The fraction of sp³-hybridized carbons (Fsp3) is 0.0769. The van der Waals surface area contributed by atoms with Gasteiger partial charge >= 0.3 is 0 Å². The van der Waals surface area contributed by atoms with Crippen molar-refractivity contribution >= 4 is 27.6 Å². The standard InChI is InChI=1S/C26H20FN7/c1-34(2)18-9-16(12-28-13-18)22-11-21-24(14-30-22)32-33-25(21)23-10-20-19(7-8-29-26(20)31-23)15-3-5-17(27)6-4-15/h3-14H,1-2H3,(H,29,31)(H,32,33). The minimum absolute atomic E-state index is 0.262. The van der Waals surface area contributed by atoms with E-state index < -0.39 is 0 Å². The summed E-state index contributed by atoms with van der Waals surface area (Å²) in [5.74, 6) is -0.262. The van der Waals surface area contributed by atoms with Crippen LogP contribution in [0, 0.1) is 5.82 Å². The summed E-state index contributed by atoms with van der Waals surface area (Å²) >= 11 is 0. The average molecular weight is 449 g/mol. The molecule has 8 heteroatoms. The summed E-state index contributed by atoms with van der Waals surface area (Å²) < 4.78 is 13.4. The van der Waals surface area contributed by atoms with Crippen molar-refractivity contribution in [3.05, 3.63) is 79.1 Å². The Bertz CT molecular complexity index is 1650. The second kappa shape index (κ2) is 7.77. The lowest BCUT2D eigenvalue weighted by molar-refractivity contribution is 0.628. The summed E-state index contributed by atoms with van der Waals surface area (Å²) in [5.41, 5.74) is 7.82. The number of aromatic nitrogens is 6. The zero-order valence-electron chi connectivity index (χ0n) is 18.5. The van der Waals surface area contributed by atoms with Crippen LogP contribution in [0.3, 0.4) is 0 Å². The number of hydrogen-bond acceptors (Lipinski definition) is 5. The van der Waals surface area contributed by atoms with E-state index in [0.717, 1.165) is 61.4 Å². The number of pyridine rings is 3. The topological polar surface area (TPSA) is 86.4 Å². The Morgan fingerprint density at radius 1 is 0.853 bits per heavy atom. The van der Waals surface area contributed by atoms with Gasteiger partial charge in [0.2, 0.25) is 0 Å². The molecule has 0 aliphatic carbocycles. The van der Waals surface area contributed by atoms with Crippen molar-refractivity contribution in [1.29, 1.82) is 0 Å². The minimum Gasteiger partial charge on any atom is -0.376 e. The summed E-state index contributed by atoms with van der Waals surface area (Å²) in [6, 6.07) is 14.5. The van der Waals surface area contributed by atoms with Crippen LogP contribution in [0.15, 0.2) is 73.3 Å². The lowest BCUT2D eigenvalue weighted by atomic mass is 10.0. The van der Waals surface area contributed by atoms with Crippen molar-refractivity contribution in [3.63, 3.8) is 0 Å². The van der Waals surface area contributed by atoms with Gasteiger partial charge in [-0.2, -0.15) is 5.10 Å². The van der Waals surface area contributed by atoms with Gasteiger partial charge in [0.25, 0.3) is 0 Å². The van der Waals surface area contributed by atoms with E-state index in [-0.39, 0.29) is 5.82 Å². The molecular weight excluding hydrogens is 429 g/mol. The van der Waals surface area contributed by atoms with Crippen LogP contribution in [0.2, 0.25) is 0 Å². The molecule has 34 heavy (non-hydrogen) atoms. The molecule has 0 aliphatic rings. The van der Waals surface area contributed by atoms with Crippen LogP contribution >= 0.6 is 0 Å². The Labute approximate surface area is 194 Å². The number of hydrogen-bond donors (Lipinski definition) is 2. The molecule has 0 aliphatic heterocycles. The molecule has 0 radical (unpaired) electrons. The number of nitrogens with one attached hydrogen (secondary N) is 2. The van der Waals surface area contributed by atoms with E-state index >= 15 is 0 Å². The zero-order chi connectivity index (χ0) is 23.2. The third-order valence-corrected chi connectivity index (χ3v) is 5.93. The lowest BCUT2D eigenvalue weighted by Gasteiger charge is -2.12. The molecule has 0 fully saturated rings. The van der Waals surface area contributed by atoms with Crippen molar-refractivity contribution in [2.75, 3.05) is 19.0 Å². The van der Waals surface area contributed by atoms with E-state index in [0.29, 0.717) is 0 Å². The number of benzene rings is 1. The van der Waals surface area contributed by atoms with Gasteiger partial charge in [0.05, 0.1) is 35.0 Å². The Morgan fingerprint density at radius 3 is 2.53 bits per heavy atom. The number of aromatic amines is 2. The van der Waals surface area contributed by atoms with E-state index in [1.54, 1.807) is 24.5 Å². The normalized spacial score (nSPS) is 11.4. The number of halogens is 1. The predicted octanol–water partition coefficient (Wildman–Crippen LogP) is 5.44. The largest absolute Gasteiger partial charge is 0.376 e. The van der Waals surface area contributed by atoms with E-state index in [4.69, 9.17) is 0 Å². The van der Waals surface area contributed by atoms with Crippen LogP contribution in [0.5, 0.6) is 0 Å². The van der Waals surface area contributed by atoms with E-state index in [9.17, 15) is 4.39 Å². The molecule has 166 valence electrons. The highest BCUT2D eigenvalue weighted by Crippen LogP contribution is 2.34. The van der Waals surface area contributed by atoms with Gasteiger partial charge in [-0.3, -0.25) is 15.1 Å². The SMILES string of the molecule is CN(C)c1cncc(-c2cc3c(-c4cc5c(-c6ccc(F)cc6)ccnc5[nH]4)n[nH]c3cn2)c1. The Balaban J connectivity index is 1.47. The zero-order valence-corrected chi connectivity index (χ0v) is 18.5. The molecule has 0 saturated heterocycles. The number of H-pyrrole nitrogens is 2. The highest BCUT2D eigenvalue weighted by Gasteiger charge is 2.15. The van der Waals surface area contributed by atoms with Gasteiger partial charge in [0, 0.05) is 42.8 Å². The smallest absolute Gasteiger partial charge is 0.138 e. The molecular formula is C26H20FN7. The summed E-state index contributed by atoms with van der Waals surface area (Å²) in [7, 11) is 3.96. The molecule has 6 aromatic rings. The van der Waals surface area contributed by atoms with Gasteiger partial charge in [-0.1, -0.05) is 12.1 Å². The summed E-state index contributed by atoms with van der Waals surface area (Å²) in [5, 5.41) is 9.51. The van der Waals surface area contributed by atoms with Crippen molar-refractivity contribution < 1.29 is 4.39 Å². The number of anilines is 1. The van der Waals surface area contributed by atoms with E-state index in [2.05, 4.69) is 36.2 Å². The molecule has 0 bridgehead atoms. The molecule has 6 rings (SSSR count). The van der Waals surface area contributed by atoms with Crippen LogP contribution < -0.4 is 4.90 Å². The van der Waals surface area contributed by atoms with Crippen LogP contribution in [0.1, 0.15) is 0 Å². The van der Waals surface area contributed by atoms with Crippen molar-refractivity contribution in [2.24, 2.45) is 0 Å². The molecule has 0 unspecified atom stereocenters. The van der Waals surface area contributed by atoms with Crippen LogP contribution in [-0.4, -0.2) is 44.2 Å². The number of fused-ring (bicyclic) bond motifs is 2. The summed E-state index contributed by atoms with van der Waals surface area (Å²) in [6.07, 6.45) is 7.16. The fourth-order valence-electron chi connectivity index (χ4n) is 4.13. The number of nitrogens with zero attached hydrogens (tertiary/aromatic N) is 5. The number of rotatable bonds is 4. The van der Waals surface area contributed by atoms with Crippen molar-refractivity contribution in [3.8, 4) is 33.8 Å². The fourth-order valence-corrected chi connectivity index (χ4v) is 4.13. The molecule has 5 heterocycles. The molecule has 0 spiro atoms. The van der Waals surface area contributed by atoms with Gasteiger partial charge in [-0.15, -0.1) is 0 Å². The maximum atomic E-state index is 13.4. The highest BCUT2D eigenvalue weighted by molar-refractivity contribution is 6.00. The Morgan fingerprint density at radius 2 is 1.71 bits per heavy atom. The first-order valence-corrected chi connectivity index (χ1v) is 10.8. The predicted molar refractivity (Wildman–Crippen MR) is 132 cm³/mol. The second-order valence-electron chi connectivity index (χ2n) is 8.32. The first-order chi connectivity index (χ1) is 16.6. The van der Waals surface area contributed by atoms with E-state index in [1.165, 1.54) is 12.1 Å². The highest BCUT2D eigenvalue weighted by atomic mass is 19.1. The molecule has 2 N–H and O–H groups in total. The van der Waals surface area contributed by atoms with Gasteiger partial charge in [0.15, 0.2) is 0 Å². The van der Waals surface area contributed by atoms with Gasteiger partial charge < -0.3 is 9.88 Å². The molecule has 5 aromatic heterocycles. The molecule has 0 saturated carbocycles. The summed E-state index contributed by atoms with van der Waals surface area (Å²) in [6.45, 7) is 0. The summed E-state index contributed by atoms with van der Waals surface area (Å²) in [4.78, 5) is 18.9. The van der Waals surface area contributed by atoms with Gasteiger partial charge in [-0.05, 0) is 47.5 Å². The lowest BCUT2D eigenvalue weighted by Crippen LogP contribution is -2.08. The first-order valence-electron chi connectivity index (χ1n) is 10.8. The molecule has 0 atom stereocenters. The van der Waals surface area contributed by atoms with Gasteiger partial charge in [-0.25, -0.2) is 9.37 Å². The van der Waals surface area contributed by atoms with Crippen LogP contribution in [0.4, 0.5) is 10.1 Å². The van der Waals surface area contributed by atoms with E-state index in [1.807, 2.05) is 49.6 Å². The van der Waals surface area contributed by atoms with Crippen LogP contribution in [-0.2, 0) is 0 Å². The minimum atomic E-state index is -0.262. The molecule has 7 nitrogen and oxygen atoms in total. The Hall–Kier alpha value is -4.59. The second-order valence-corrected chi connectivity index (χ2v) is 8.32. The maximum absolute atomic E-state index is 13.4. The quantitative estimate of drug-likeness (QED) is 0.375. The third-order valence-electron chi connectivity index (χ3n) is 5.93.